The van der Waals surface area contributed by atoms with Gasteiger partial charge in [0.25, 0.3) is 0 Å². The van der Waals surface area contributed by atoms with Gasteiger partial charge in [0.1, 0.15) is 0 Å². The van der Waals surface area contributed by atoms with Crippen LogP contribution in [0.5, 0.6) is 0 Å². The molecule has 1 N–H and O–H groups in total. The van der Waals surface area contributed by atoms with Crippen molar-refractivity contribution < 1.29 is 14.7 Å². The summed E-state index contributed by atoms with van der Waals surface area (Å²) in [6.45, 7) is 5.03. The van der Waals surface area contributed by atoms with Crippen molar-refractivity contribution in [2.75, 3.05) is 6.54 Å². The summed E-state index contributed by atoms with van der Waals surface area (Å²) in [7, 11) is 0. The molecular formula is C14H19NO3. The molecule has 0 aliphatic carbocycles. The maximum absolute atomic E-state index is 11.8. The van der Waals surface area contributed by atoms with Gasteiger partial charge in [-0.2, -0.15) is 0 Å². The average molecular weight is 249 g/mol. The highest BCUT2D eigenvalue weighted by molar-refractivity contribution is 5.80. The molecule has 18 heavy (non-hydrogen) atoms. The highest BCUT2D eigenvalue weighted by Crippen LogP contribution is 2.09. The number of nitrogens with zero attached hydrogens (tertiary/aromatic N) is 1. The van der Waals surface area contributed by atoms with Gasteiger partial charge in [-0.05, 0) is 19.4 Å². The minimum absolute atomic E-state index is 0.0645. The van der Waals surface area contributed by atoms with Gasteiger partial charge >= 0.3 is 5.97 Å². The van der Waals surface area contributed by atoms with Gasteiger partial charge in [0.05, 0.1) is 6.42 Å². The lowest BCUT2D eigenvalue weighted by molar-refractivity contribution is -0.141. The Hall–Kier alpha value is -1.84. The van der Waals surface area contributed by atoms with E-state index in [1.807, 2.05) is 38.1 Å². The number of hydrogen-bond donors (Lipinski definition) is 1. The third-order valence-corrected chi connectivity index (χ3v) is 2.74. The van der Waals surface area contributed by atoms with Crippen molar-refractivity contribution in [1.29, 1.82) is 0 Å². The number of aliphatic carboxylic acids is 1. The van der Waals surface area contributed by atoms with Crippen LogP contribution in [0.3, 0.4) is 0 Å². The Bertz CT molecular complexity index is 429. The molecule has 98 valence electrons. The molecular weight excluding hydrogens is 230 g/mol. The lowest BCUT2D eigenvalue weighted by Gasteiger charge is -2.21. The molecule has 0 aliphatic rings. The highest BCUT2D eigenvalue weighted by Gasteiger charge is 2.13. The van der Waals surface area contributed by atoms with Crippen molar-refractivity contribution in [2.45, 2.75) is 33.2 Å². The molecule has 0 aliphatic heterocycles. The van der Waals surface area contributed by atoms with Gasteiger partial charge in [0, 0.05) is 19.5 Å². The topological polar surface area (TPSA) is 57.6 Å². The van der Waals surface area contributed by atoms with E-state index in [-0.39, 0.29) is 18.7 Å². The largest absolute Gasteiger partial charge is 0.481 e. The highest BCUT2D eigenvalue weighted by atomic mass is 16.4. The van der Waals surface area contributed by atoms with Crippen LogP contribution in [0.2, 0.25) is 0 Å². The van der Waals surface area contributed by atoms with Gasteiger partial charge in [-0.25, -0.2) is 0 Å². The molecule has 0 saturated carbocycles. The molecule has 0 spiro atoms. The monoisotopic (exact) mass is 249 g/mol. The summed E-state index contributed by atoms with van der Waals surface area (Å²) >= 11 is 0. The van der Waals surface area contributed by atoms with Crippen LogP contribution in [0.1, 0.15) is 30.9 Å². The Morgan fingerprint density at radius 2 is 2.00 bits per heavy atom. The van der Waals surface area contributed by atoms with Crippen LogP contribution < -0.4 is 0 Å². The van der Waals surface area contributed by atoms with Gasteiger partial charge in [0.15, 0.2) is 0 Å². The van der Waals surface area contributed by atoms with E-state index >= 15 is 0 Å². The first-order valence-electron chi connectivity index (χ1n) is 6.08. The molecule has 0 bridgehead atoms. The zero-order valence-corrected chi connectivity index (χ0v) is 10.8. The first-order valence-corrected chi connectivity index (χ1v) is 6.08. The normalized spacial score (nSPS) is 10.1. The van der Waals surface area contributed by atoms with E-state index in [4.69, 9.17) is 5.11 Å². The van der Waals surface area contributed by atoms with E-state index in [0.29, 0.717) is 13.1 Å². The Labute approximate surface area is 107 Å². The third-order valence-electron chi connectivity index (χ3n) is 2.74. The number of carbonyl (C=O) groups excluding carboxylic acids is 1. The third kappa shape index (κ3) is 4.57. The molecule has 0 atom stereocenters. The maximum atomic E-state index is 11.8. The number of aryl methyl sites for hydroxylation is 1. The second-order valence-electron chi connectivity index (χ2n) is 4.29. The van der Waals surface area contributed by atoms with Gasteiger partial charge < -0.3 is 10.0 Å². The molecule has 1 aromatic rings. The summed E-state index contributed by atoms with van der Waals surface area (Å²) in [5.41, 5.74) is 2.22. The SMILES string of the molecule is CCN(Cc1cccc(C)c1)C(=O)CCC(=O)O. The van der Waals surface area contributed by atoms with Crippen LogP contribution in [0.15, 0.2) is 24.3 Å². The van der Waals surface area contributed by atoms with Crippen LogP contribution in [0, 0.1) is 6.92 Å². The summed E-state index contributed by atoms with van der Waals surface area (Å²) in [5.74, 6) is -1.05. The molecule has 0 aromatic heterocycles. The summed E-state index contributed by atoms with van der Waals surface area (Å²) < 4.78 is 0. The van der Waals surface area contributed by atoms with E-state index in [1.54, 1.807) is 4.90 Å². The number of carbonyl (C=O) groups is 2. The van der Waals surface area contributed by atoms with Crippen LogP contribution in [-0.2, 0) is 16.1 Å². The Morgan fingerprint density at radius 3 is 2.56 bits per heavy atom. The second kappa shape index (κ2) is 6.79. The molecule has 0 unspecified atom stereocenters. The van der Waals surface area contributed by atoms with Crippen molar-refractivity contribution in [3.05, 3.63) is 35.4 Å². The summed E-state index contributed by atoms with van der Waals surface area (Å²) in [4.78, 5) is 24.0. The molecule has 0 fully saturated rings. The van der Waals surface area contributed by atoms with E-state index in [0.717, 1.165) is 11.1 Å². The number of rotatable bonds is 6. The average Bonchev–Trinajstić information content (AvgIpc) is 2.33. The zero-order valence-electron chi connectivity index (χ0n) is 10.8. The van der Waals surface area contributed by atoms with E-state index < -0.39 is 5.97 Å². The standard InChI is InChI=1S/C14H19NO3/c1-3-15(13(16)7-8-14(17)18)10-12-6-4-5-11(2)9-12/h4-6,9H,3,7-8,10H2,1-2H3,(H,17,18). The molecule has 0 heterocycles. The lowest BCUT2D eigenvalue weighted by Crippen LogP contribution is -2.30. The fourth-order valence-electron chi connectivity index (χ4n) is 1.78. The predicted molar refractivity (Wildman–Crippen MR) is 69.1 cm³/mol. The number of benzene rings is 1. The first kappa shape index (κ1) is 14.2. The van der Waals surface area contributed by atoms with Gasteiger partial charge in [0.2, 0.25) is 5.91 Å². The Kier molecular flexibility index (Phi) is 5.36. The first-order chi connectivity index (χ1) is 8.52. The molecule has 4 nitrogen and oxygen atoms in total. The smallest absolute Gasteiger partial charge is 0.303 e. The molecule has 1 aromatic carbocycles. The zero-order chi connectivity index (χ0) is 13.5. The van der Waals surface area contributed by atoms with Crippen LogP contribution >= 0.6 is 0 Å². The van der Waals surface area contributed by atoms with Gasteiger partial charge in [-0.15, -0.1) is 0 Å². The Morgan fingerprint density at radius 1 is 1.28 bits per heavy atom. The molecule has 0 saturated heterocycles. The number of hydrogen-bond acceptors (Lipinski definition) is 2. The number of amides is 1. The van der Waals surface area contributed by atoms with Crippen molar-refractivity contribution in [2.24, 2.45) is 0 Å². The second-order valence-corrected chi connectivity index (χ2v) is 4.29. The van der Waals surface area contributed by atoms with Crippen LogP contribution in [-0.4, -0.2) is 28.4 Å². The maximum Gasteiger partial charge on any atom is 0.303 e. The summed E-state index contributed by atoms with van der Waals surface area (Å²) in [5, 5.41) is 8.57. The quantitative estimate of drug-likeness (QED) is 0.841. The summed E-state index contributed by atoms with van der Waals surface area (Å²) in [6, 6.07) is 7.97. The molecule has 4 heteroatoms. The molecule has 1 amide bonds. The van der Waals surface area contributed by atoms with E-state index in [9.17, 15) is 9.59 Å². The minimum atomic E-state index is -0.935. The Balaban J connectivity index is 2.61. The number of carboxylic acid groups (broad SMARTS) is 1. The van der Waals surface area contributed by atoms with E-state index in [1.165, 1.54) is 0 Å². The predicted octanol–water partition coefficient (Wildman–Crippen LogP) is 2.21. The lowest BCUT2D eigenvalue weighted by atomic mass is 10.1. The minimum Gasteiger partial charge on any atom is -0.481 e. The van der Waals surface area contributed by atoms with E-state index in [2.05, 4.69) is 0 Å². The fraction of sp³-hybridized carbons (Fsp3) is 0.429. The van der Waals surface area contributed by atoms with Crippen molar-refractivity contribution >= 4 is 11.9 Å². The molecule has 0 radical (unpaired) electrons. The van der Waals surface area contributed by atoms with Crippen molar-refractivity contribution in [3.63, 3.8) is 0 Å². The van der Waals surface area contributed by atoms with Gasteiger partial charge in [-0.3, -0.25) is 9.59 Å². The van der Waals surface area contributed by atoms with Crippen molar-refractivity contribution in [3.8, 4) is 0 Å². The van der Waals surface area contributed by atoms with Crippen molar-refractivity contribution in [1.82, 2.24) is 4.90 Å². The number of carboxylic acids is 1. The van der Waals surface area contributed by atoms with Crippen LogP contribution in [0.4, 0.5) is 0 Å². The van der Waals surface area contributed by atoms with Gasteiger partial charge in [-0.1, -0.05) is 29.8 Å². The summed E-state index contributed by atoms with van der Waals surface area (Å²) in [6.07, 6.45) is -0.0435. The van der Waals surface area contributed by atoms with Crippen LogP contribution in [0.25, 0.3) is 0 Å². The fourth-order valence-corrected chi connectivity index (χ4v) is 1.78. The molecule has 1 rings (SSSR count).